The van der Waals surface area contributed by atoms with E-state index in [1.54, 1.807) is 18.2 Å². The van der Waals surface area contributed by atoms with Gasteiger partial charge in [-0.05, 0) is 56.4 Å². The Bertz CT molecular complexity index is 525. The van der Waals surface area contributed by atoms with E-state index in [-0.39, 0.29) is 5.97 Å². The van der Waals surface area contributed by atoms with E-state index >= 15 is 0 Å². The van der Waals surface area contributed by atoms with E-state index in [4.69, 9.17) is 4.74 Å². The Morgan fingerprint density at radius 3 is 2.65 bits per heavy atom. The predicted molar refractivity (Wildman–Crippen MR) is 82.6 cm³/mol. The van der Waals surface area contributed by atoms with Crippen molar-refractivity contribution < 1.29 is 9.53 Å². The topological polar surface area (TPSA) is 26.3 Å². The molecule has 0 spiro atoms. The first-order chi connectivity index (χ1) is 9.58. The van der Waals surface area contributed by atoms with Gasteiger partial charge in [0, 0.05) is 0 Å². The summed E-state index contributed by atoms with van der Waals surface area (Å²) < 4.78 is 5.82. The molecule has 0 amide bonds. The van der Waals surface area contributed by atoms with Crippen molar-refractivity contribution in [2.75, 3.05) is 0 Å². The molecule has 0 saturated carbocycles. The van der Waals surface area contributed by atoms with Gasteiger partial charge < -0.3 is 4.74 Å². The third kappa shape index (κ3) is 3.19. The lowest BCUT2D eigenvalue weighted by atomic mass is 9.85. The van der Waals surface area contributed by atoms with Gasteiger partial charge in [0.1, 0.15) is 5.60 Å². The van der Waals surface area contributed by atoms with E-state index in [2.05, 4.69) is 26.5 Å². The van der Waals surface area contributed by atoms with E-state index in [0.717, 1.165) is 31.2 Å². The second-order valence-corrected chi connectivity index (χ2v) is 5.48. The van der Waals surface area contributed by atoms with Gasteiger partial charge in [-0.15, -0.1) is 0 Å². The van der Waals surface area contributed by atoms with Crippen LogP contribution >= 0.6 is 0 Å². The van der Waals surface area contributed by atoms with E-state index in [0.29, 0.717) is 5.56 Å². The second kappa shape index (κ2) is 6.08. The highest BCUT2D eigenvalue weighted by Crippen LogP contribution is 2.33. The minimum absolute atomic E-state index is 0.242. The molecule has 2 rings (SSSR count). The third-order valence-electron chi connectivity index (χ3n) is 3.96. The standard InChI is InChI=1S/C18H22O2/c1-4-15-8-10-16(11-9-15)17(19)20-18(5-2)12-6-7-14(3)13-18/h4,8-11,13H,1,5-7,12H2,2-3H3. The molecule has 0 saturated heterocycles. The molecule has 0 N–H and O–H groups in total. The summed E-state index contributed by atoms with van der Waals surface area (Å²) in [6.07, 6.45) is 7.81. The average Bonchev–Trinajstić information content (AvgIpc) is 2.47. The number of rotatable bonds is 4. The zero-order valence-electron chi connectivity index (χ0n) is 12.3. The fraction of sp³-hybridized carbons (Fsp3) is 0.389. The SMILES string of the molecule is C=Cc1ccc(C(=O)OC2(CC)C=C(C)CCC2)cc1. The molecule has 1 aliphatic rings. The summed E-state index contributed by atoms with van der Waals surface area (Å²) in [7, 11) is 0. The average molecular weight is 270 g/mol. The summed E-state index contributed by atoms with van der Waals surface area (Å²) >= 11 is 0. The molecule has 1 aromatic carbocycles. The highest BCUT2D eigenvalue weighted by Gasteiger charge is 2.32. The summed E-state index contributed by atoms with van der Waals surface area (Å²) in [6.45, 7) is 7.89. The molecule has 0 radical (unpaired) electrons. The zero-order valence-corrected chi connectivity index (χ0v) is 12.3. The second-order valence-electron chi connectivity index (χ2n) is 5.48. The van der Waals surface area contributed by atoms with Crippen molar-refractivity contribution in [2.24, 2.45) is 0 Å². The fourth-order valence-electron chi connectivity index (χ4n) is 2.69. The first kappa shape index (κ1) is 14.6. The van der Waals surface area contributed by atoms with Crippen molar-refractivity contribution in [3.8, 4) is 0 Å². The van der Waals surface area contributed by atoms with Crippen LogP contribution in [0.25, 0.3) is 6.08 Å². The first-order valence-corrected chi connectivity index (χ1v) is 7.23. The first-order valence-electron chi connectivity index (χ1n) is 7.23. The van der Waals surface area contributed by atoms with Gasteiger partial charge in [-0.2, -0.15) is 0 Å². The molecule has 0 aliphatic heterocycles. The molecule has 1 unspecified atom stereocenters. The number of carbonyl (C=O) groups excluding carboxylic acids is 1. The third-order valence-corrected chi connectivity index (χ3v) is 3.96. The quantitative estimate of drug-likeness (QED) is 0.582. The molecule has 2 heteroatoms. The number of benzene rings is 1. The Labute approximate surface area is 121 Å². The van der Waals surface area contributed by atoms with Crippen LogP contribution in [0, 0.1) is 0 Å². The number of hydrogen-bond acceptors (Lipinski definition) is 2. The maximum Gasteiger partial charge on any atom is 0.338 e. The van der Waals surface area contributed by atoms with Crippen LogP contribution in [0.15, 0.2) is 42.5 Å². The number of ether oxygens (including phenoxy) is 1. The Morgan fingerprint density at radius 1 is 1.40 bits per heavy atom. The van der Waals surface area contributed by atoms with Crippen molar-refractivity contribution in [3.05, 3.63) is 53.6 Å². The van der Waals surface area contributed by atoms with Crippen molar-refractivity contribution >= 4 is 12.0 Å². The molecule has 20 heavy (non-hydrogen) atoms. The van der Waals surface area contributed by atoms with E-state index in [1.165, 1.54) is 5.57 Å². The molecule has 106 valence electrons. The largest absolute Gasteiger partial charge is 0.451 e. The Kier molecular flexibility index (Phi) is 4.43. The van der Waals surface area contributed by atoms with Gasteiger partial charge in [0.05, 0.1) is 5.56 Å². The predicted octanol–water partition coefficient (Wildman–Crippen LogP) is 4.77. The van der Waals surface area contributed by atoms with Crippen LogP contribution in [-0.2, 0) is 4.74 Å². The molecule has 1 aliphatic carbocycles. The van der Waals surface area contributed by atoms with Gasteiger partial charge in [-0.3, -0.25) is 0 Å². The lowest BCUT2D eigenvalue weighted by Crippen LogP contribution is -2.34. The molecule has 0 bridgehead atoms. The van der Waals surface area contributed by atoms with Crippen LogP contribution in [0.1, 0.15) is 55.5 Å². The van der Waals surface area contributed by atoms with Crippen LogP contribution in [0.5, 0.6) is 0 Å². The fourth-order valence-corrected chi connectivity index (χ4v) is 2.69. The highest BCUT2D eigenvalue weighted by molar-refractivity contribution is 5.90. The van der Waals surface area contributed by atoms with Crippen molar-refractivity contribution in [1.29, 1.82) is 0 Å². The summed E-state index contributed by atoms with van der Waals surface area (Å²) in [5.41, 5.74) is 2.49. The van der Waals surface area contributed by atoms with Gasteiger partial charge in [-0.1, -0.05) is 37.3 Å². The lowest BCUT2D eigenvalue weighted by molar-refractivity contribution is -0.00428. The van der Waals surface area contributed by atoms with Crippen LogP contribution in [0.4, 0.5) is 0 Å². The van der Waals surface area contributed by atoms with Gasteiger partial charge in [-0.25, -0.2) is 4.79 Å². The molecule has 1 atom stereocenters. The maximum atomic E-state index is 12.3. The van der Waals surface area contributed by atoms with Gasteiger partial charge in [0.15, 0.2) is 0 Å². The van der Waals surface area contributed by atoms with E-state index in [1.807, 2.05) is 12.1 Å². The molecule has 0 fully saturated rings. The maximum absolute atomic E-state index is 12.3. The zero-order chi connectivity index (χ0) is 14.6. The van der Waals surface area contributed by atoms with Crippen LogP contribution < -0.4 is 0 Å². The summed E-state index contributed by atoms with van der Waals surface area (Å²) in [6, 6.07) is 7.35. The molecule has 1 aromatic rings. The van der Waals surface area contributed by atoms with E-state index in [9.17, 15) is 4.79 Å². The van der Waals surface area contributed by atoms with Gasteiger partial charge in [0.25, 0.3) is 0 Å². The monoisotopic (exact) mass is 270 g/mol. The minimum Gasteiger partial charge on any atom is -0.451 e. The molecule has 2 nitrogen and oxygen atoms in total. The normalized spacial score (nSPS) is 22.0. The number of carbonyl (C=O) groups is 1. The number of allylic oxidation sites excluding steroid dienone is 1. The minimum atomic E-state index is -0.420. The summed E-state index contributed by atoms with van der Waals surface area (Å²) in [5, 5.41) is 0. The van der Waals surface area contributed by atoms with Crippen molar-refractivity contribution in [2.45, 2.75) is 45.1 Å². The lowest BCUT2D eigenvalue weighted by Gasteiger charge is -2.33. The van der Waals surface area contributed by atoms with Gasteiger partial charge >= 0.3 is 5.97 Å². The van der Waals surface area contributed by atoms with Crippen molar-refractivity contribution in [1.82, 2.24) is 0 Å². The van der Waals surface area contributed by atoms with Crippen LogP contribution in [0.2, 0.25) is 0 Å². The number of hydrogen-bond donors (Lipinski definition) is 0. The molecule has 0 heterocycles. The van der Waals surface area contributed by atoms with Crippen LogP contribution in [-0.4, -0.2) is 11.6 Å². The summed E-state index contributed by atoms with van der Waals surface area (Å²) in [4.78, 5) is 12.3. The van der Waals surface area contributed by atoms with Gasteiger partial charge in [0.2, 0.25) is 0 Å². The number of esters is 1. The molecule has 0 aromatic heterocycles. The van der Waals surface area contributed by atoms with E-state index < -0.39 is 5.60 Å². The Balaban J connectivity index is 2.16. The summed E-state index contributed by atoms with van der Waals surface area (Å²) in [5.74, 6) is -0.242. The van der Waals surface area contributed by atoms with Crippen molar-refractivity contribution in [3.63, 3.8) is 0 Å². The molecular formula is C18H22O2. The molecular weight excluding hydrogens is 248 g/mol. The van der Waals surface area contributed by atoms with Crippen LogP contribution in [0.3, 0.4) is 0 Å². The Hall–Kier alpha value is -1.83. The highest BCUT2D eigenvalue weighted by atomic mass is 16.6. The smallest absolute Gasteiger partial charge is 0.338 e. The Morgan fingerprint density at radius 2 is 2.10 bits per heavy atom.